The van der Waals surface area contributed by atoms with Gasteiger partial charge < -0.3 is 20.1 Å². The molecular formula is C28H28N4O6S. The molecule has 2 aromatic carbocycles. The van der Waals surface area contributed by atoms with Crippen LogP contribution in [0.1, 0.15) is 39.2 Å². The summed E-state index contributed by atoms with van der Waals surface area (Å²) in [6.07, 6.45) is 0. The third-order valence-corrected chi connectivity index (χ3v) is 6.90. The van der Waals surface area contributed by atoms with E-state index < -0.39 is 22.8 Å². The van der Waals surface area contributed by atoms with Gasteiger partial charge in [-0.25, -0.2) is 14.6 Å². The monoisotopic (exact) mass is 548 g/mol. The molecular weight excluding hydrogens is 520 g/mol. The van der Waals surface area contributed by atoms with Crippen molar-refractivity contribution in [2.24, 2.45) is 0 Å². The first-order chi connectivity index (χ1) is 18.7. The summed E-state index contributed by atoms with van der Waals surface area (Å²) < 4.78 is 10.8. The van der Waals surface area contributed by atoms with Gasteiger partial charge in [0.15, 0.2) is 5.13 Å². The molecule has 0 saturated heterocycles. The van der Waals surface area contributed by atoms with Crippen LogP contribution in [-0.4, -0.2) is 35.1 Å². The third kappa shape index (κ3) is 5.83. The topological polar surface area (TPSA) is 133 Å². The number of nitro groups is 1. The Morgan fingerprint density at radius 1 is 1.00 bits per heavy atom. The van der Waals surface area contributed by atoms with Gasteiger partial charge in [-0.05, 0) is 51.5 Å². The number of benzene rings is 2. The van der Waals surface area contributed by atoms with E-state index in [0.717, 1.165) is 5.56 Å². The van der Waals surface area contributed by atoms with Crippen LogP contribution in [0.15, 0.2) is 76.5 Å². The molecule has 1 aliphatic heterocycles. The lowest BCUT2D eigenvalue weighted by Gasteiger charge is -2.31. The largest absolute Gasteiger partial charge is 0.463 e. The number of allylic oxidation sites excluding steroid dienone is 2. The standard InChI is InChI=1S/C28H28N4O6S/c1-5-37-26(33)23-16(3)29-17(4)24(27(34)38-6-2)25(23)20-9-7-8-10-21(20)30-28-31-22(15-39-28)18-11-13-19(14-12-18)32(35)36/h7-15,25,29H,5-6H2,1-4H3,(H,30,31). The van der Waals surface area contributed by atoms with Gasteiger partial charge in [0.05, 0.1) is 40.9 Å². The van der Waals surface area contributed by atoms with E-state index in [1.807, 2.05) is 29.6 Å². The average molecular weight is 549 g/mol. The fourth-order valence-electron chi connectivity index (χ4n) is 4.46. The maximum atomic E-state index is 13.2. The van der Waals surface area contributed by atoms with Crippen LogP contribution < -0.4 is 10.6 Å². The van der Waals surface area contributed by atoms with Crippen molar-refractivity contribution in [3.8, 4) is 11.3 Å². The number of nitrogens with zero attached hydrogens (tertiary/aromatic N) is 2. The van der Waals surface area contributed by atoms with Gasteiger partial charge in [0.25, 0.3) is 5.69 Å². The SMILES string of the molecule is CCOC(=O)C1=C(C)NC(C)=C(C(=O)OCC)C1c1ccccc1Nc1nc(-c2ccc([N+](=O)[O-])cc2)cs1. The lowest BCUT2D eigenvalue weighted by Crippen LogP contribution is -2.32. The summed E-state index contributed by atoms with van der Waals surface area (Å²) in [5.74, 6) is -1.79. The minimum atomic E-state index is -0.748. The van der Waals surface area contributed by atoms with Crippen molar-refractivity contribution in [3.63, 3.8) is 0 Å². The van der Waals surface area contributed by atoms with Gasteiger partial charge in [-0.3, -0.25) is 10.1 Å². The Balaban J connectivity index is 1.74. The molecule has 2 heterocycles. The van der Waals surface area contributed by atoms with Crippen LogP contribution in [0.3, 0.4) is 0 Å². The lowest BCUT2D eigenvalue weighted by atomic mass is 9.79. The number of esters is 2. The number of nitrogens with one attached hydrogen (secondary N) is 2. The number of carbonyl (C=O) groups is 2. The first kappa shape index (κ1) is 27.5. The predicted octanol–water partition coefficient (Wildman–Crippen LogP) is 5.82. The number of rotatable bonds is 9. The number of ether oxygens (including phenoxy) is 2. The highest BCUT2D eigenvalue weighted by atomic mass is 32.1. The molecule has 1 aliphatic rings. The first-order valence-electron chi connectivity index (χ1n) is 12.3. The molecule has 202 valence electrons. The van der Waals surface area contributed by atoms with Crippen molar-refractivity contribution in [1.29, 1.82) is 0 Å². The van der Waals surface area contributed by atoms with Gasteiger partial charge in [-0.2, -0.15) is 0 Å². The number of anilines is 2. The van der Waals surface area contributed by atoms with Crippen molar-refractivity contribution in [1.82, 2.24) is 10.3 Å². The summed E-state index contributed by atoms with van der Waals surface area (Å²) in [5.41, 5.74) is 4.56. The van der Waals surface area contributed by atoms with E-state index >= 15 is 0 Å². The molecule has 0 bridgehead atoms. The fourth-order valence-corrected chi connectivity index (χ4v) is 5.19. The number of hydrogen-bond donors (Lipinski definition) is 2. The second kappa shape index (κ2) is 11.9. The molecule has 0 saturated carbocycles. The Bertz CT molecular complexity index is 1440. The molecule has 10 nitrogen and oxygen atoms in total. The zero-order chi connectivity index (χ0) is 28.1. The molecule has 0 aliphatic carbocycles. The number of para-hydroxylation sites is 1. The van der Waals surface area contributed by atoms with Crippen molar-refractivity contribution >= 4 is 39.8 Å². The molecule has 0 radical (unpaired) electrons. The van der Waals surface area contributed by atoms with E-state index in [-0.39, 0.29) is 18.9 Å². The molecule has 3 aromatic rings. The quantitative estimate of drug-likeness (QED) is 0.193. The van der Waals surface area contributed by atoms with E-state index in [0.29, 0.717) is 44.6 Å². The second-order valence-electron chi connectivity index (χ2n) is 8.63. The number of non-ortho nitro benzene ring substituents is 1. The number of thiazole rings is 1. The zero-order valence-corrected chi connectivity index (χ0v) is 22.8. The lowest BCUT2D eigenvalue weighted by molar-refractivity contribution is -0.384. The van der Waals surface area contributed by atoms with E-state index in [4.69, 9.17) is 9.47 Å². The number of hydrogen-bond acceptors (Lipinski definition) is 10. The summed E-state index contributed by atoms with van der Waals surface area (Å²) in [7, 11) is 0. The van der Waals surface area contributed by atoms with Crippen LogP contribution >= 0.6 is 11.3 Å². The van der Waals surface area contributed by atoms with Crippen molar-refractivity contribution < 1.29 is 24.0 Å². The van der Waals surface area contributed by atoms with Crippen LogP contribution in [0, 0.1) is 10.1 Å². The Morgan fingerprint density at radius 2 is 1.59 bits per heavy atom. The van der Waals surface area contributed by atoms with Gasteiger partial charge in [0, 0.05) is 40.2 Å². The molecule has 1 aromatic heterocycles. The van der Waals surface area contributed by atoms with Crippen LogP contribution in [0.2, 0.25) is 0 Å². The van der Waals surface area contributed by atoms with E-state index in [1.165, 1.54) is 23.5 Å². The zero-order valence-electron chi connectivity index (χ0n) is 21.9. The maximum Gasteiger partial charge on any atom is 0.336 e. The highest BCUT2D eigenvalue weighted by molar-refractivity contribution is 7.14. The summed E-state index contributed by atoms with van der Waals surface area (Å²) in [6.45, 7) is 7.38. The number of nitro benzene ring substituents is 1. The number of aromatic nitrogens is 1. The molecule has 2 N–H and O–H groups in total. The Kier molecular flexibility index (Phi) is 8.40. The molecule has 39 heavy (non-hydrogen) atoms. The molecule has 0 unspecified atom stereocenters. The van der Waals surface area contributed by atoms with Gasteiger partial charge in [0.1, 0.15) is 0 Å². The van der Waals surface area contributed by atoms with Crippen molar-refractivity contribution in [2.75, 3.05) is 18.5 Å². The summed E-state index contributed by atoms with van der Waals surface area (Å²) in [6, 6.07) is 13.6. The smallest absolute Gasteiger partial charge is 0.336 e. The number of dihydropyridines is 1. The molecule has 0 amide bonds. The van der Waals surface area contributed by atoms with E-state index in [9.17, 15) is 19.7 Å². The summed E-state index contributed by atoms with van der Waals surface area (Å²) in [4.78, 5) is 41.5. The molecule has 0 fully saturated rings. The first-order valence-corrected chi connectivity index (χ1v) is 13.2. The molecule has 11 heteroatoms. The highest BCUT2D eigenvalue weighted by Crippen LogP contribution is 2.43. The highest BCUT2D eigenvalue weighted by Gasteiger charge is 2.39. The third-order valence-electron chi connectivity index (χ3n) is 6.14. The minimum absolute atomic E-state index is 0.00438. The van der Waals surface area contributed by atoms with Crippen molar-refractivity contribution in [3.05, 3.63) is 92.1 Å². The minimum Gasteiger partial charge on any atom is -0.463 e. The van der Waals surface area contributed by atoms with E-state index in [2.05, 4.69) is 15.6 Å². The van der Waals surface area contributed by atoms with Crippen LogP contribution in [0.25, 0.3) is 11.3 Å². The van der Waals surface area contributed by atoms with Gasteiger partial charge in [-0.15, -0.1) is 11.3 Å². The Labute approximate surface area is 229 Å². The van der Waals surface area contributed by atoms with E-state index in [1.54, 1.807) is 39.8 Å². The summed E-state index contributed by atoms with van der Waals surface area (Å²) in [5, 5.41) is 19.9. The summed E-state index contributed by atoms with van der Waals surface area (Å²) >= 11 is 1.36. The van der Waals surface area contributed by atoms with Crippen molar-refractivity contribution in [2.45, 2.75) is 33.6 Å². The van der Waals surface area contributed by atoms with Gasteiger partial charge in [-0.1, -0.05) is 18.2 Å². The molecule has 0 atom stereocenters. The maximum absolute atomic E-state index is 13.2. The second-order valence-corrected chi connectivity index (χ2v) is 9.49. The van der Waals surface area contributed by atoms with Gasteiger partial charge in [0.2, 0.25) is 0 Å². The van der Waals surface area contributed by atoms with Crippen LogP contribution in [-0.2, 0) is 19.1 Å². The Morgan fingerprint density at radius 3 is 2.15 bits per heavy atom. The van der Waals surface area contributed by atoms with Crippen LogP contribution in [0.4, 0.5) is 16.5 Å². The number of carbonyl (C=O) groups excluding carboxylic acids is 2. The normalized spacial score (nSPS) is 13.6. The molecule has 4 rings (SSSR count). The Hall–Kier alpha value is -4.51. The average Bonchev–Trinajstić information content (AvgIpc) is 3.37. The predicted molar refractivity (Wildman–Crippen MR) is 148 cm³/mol. The fraction of sp³-hybridized carbons (Fsp3) is 0.250. The van der Waals surface area contributed by atoms with Crippen LogP contribution in [0.5, 0.6) is 0 Å². The molecule has 0 spiro atoms. The van der Waals surface area contributed by atoms with Gasteiger partial charge >= 0.3 is 11.9 Å².